The van der Waals surface area contributed by atoms with Crippen molar-refractivity contribution in [3.8, 4) is 12.3 Å². The normalized spacial score (nSPS) is 12.1. The van der Waals surface area contributed by atoms with Crippen molar-refractivity contribution < 1.29 is 4.39 Å². The van der Waals surface area contributed by atoms with Gasteiger partial charge in [-0.2, -0.15) is 0 Å². The van der Waals surface area contributed by atoms with Crippen molar-refractivity contribution in [1.29, 1.82) is 0 Å². The third-order valence-corrected chi connectivity index (χ3v) is 2.25. The van der Waals surface area contributed by atoms with E-state index in [2.05, 4.69) is 11.2 Å². The molecule has 0 amide bonds. The summed E-state index contributed by atoms with van der Waals surface area (Å²) in [6, 6.07) is 4.52. The van der Waals surface area contributed by atoms with E-state index in [0.29, 0.717) is 17.1 Å². The molecular formula is C11H11ClFN. The van der Waals surface area contributed by atoms with Crippen LogP contribution >= 0.6 is 11.6 Å². The van der Waals surface area contributed by atoms with Crippen LogP contribution in [0.4, 0.5) is 4.39 Å². The number of hydrogen-bond acceptors (Lipinski definition) is 1. The number of nitrogens with one attached hydrogen (secondary N) is 1. The SMILES string of the molecule is C#CC(C)NCc1c(F)cccc1Cl. The molecule has 1 aromatic rings. The van der Waals surface area contributed by atoms with Crippen LogP contribution in [0.3, 0.4) is 0 Å². The van der Waals surface area contributed by atoms with Gasteiger partial charge in [-0.25, -0.2) is 4.39 Å². The first-order valence-electron chi connectivity index (χ1n) is 4.27. The van der Waals surface area contributed by atoms with E-state index in [-0.39, 0.29) is 11.9 Å². The molecule has 1 unspecified atom stereocenters. The van der Waals surface area contributed by atoms with E-state index in [1.165, 1.54) is 6.07 Å². The first-order valence-corrected chi connectivity index (χ1v) is 4.65. The molecule has 0 aliphatic rings. The van der Waals surface area contributed by atoms with Gasteiger partial charge in [0.1, 0.15) is 5.82 Å². The maximum Gasteiger partial charge on any atom is 0.129 e. The lowest BCUT2D eigenvalue weighted by Gasteiger charge is -2.09. The highest BCUT2D eigenvalue weighted by molar-refractivity contribution is 6.31. The van der Waals surface area contributed by atoms with Gasteiger partial charge in [0.15, 0.2) is 0 Å². The number of benzene rings is 1. The molecule has 74 valence electrons. The molecule has 0 aromatic heterocycles. The summed E-state index contributed by atoms with van der Waals surface area (Å²) < 4.78 is 13.2. The molecular weight excluding hydrogens is 201 g/mol. The van der Waals surface area contributed by atoms with Crippen LogP contribution in [0.1, 0.15) is 12.5 Å². The van der Waals surface area contributed by atoms with Crippen LogP contribution < -0.4 is 5.32 Å². The Morgan fingerprint density at radius 1 is 1.64 bits per heavy atom. The largest absolute Gasteiger partial charge is 0.300 e. The molecule has 0 saturated heterocycles. The molecule has 1 aromatic carbocycles. The highest BCUT2D eigenvalue weighted by atomic mass is 35.5. The molecule has 1 nitrogen and oxygen atoms in total. The minimum atomic E-state index is -0.311. The van der Waals surface area contributed by atoms with E-state index in [1.54, 1.807) is 12.1 Å². The lowest BCUT2D eigenvalue weighted by atomic mass is 10.2. The third-order valence-electron chi connectivity index (χ3n) is 1.90. The summed E-state index contributed by atoms with van der Waals surface area (Å²) in [5, 5.41) is 3.39. The lowest BCUT2D eigenvalue weighted by Crippen LogP contribution is -2.24. The summed E-state index contributed by atoms with van der Waals surface area (Å²) in [4.78, 5) is 0. The molecule has 1 atom stereocenters. The standard InChI is InChI=1S/C11H11ClFN/c1-3-8(2)14-7-9-10(12)5-4-6-11(9)13/h1,4-6,8,14H,7H2,2H3. The van der Waals surface area contributed by atoms with Crippen LogP contribution in [-0.2, 0) is 6.54 Å². The van der Waals surface area contributed by atoms with Crippen molar-refractivity contribution in [2.75, 3.05) is 0 Å². The number of hydrogen-bond donors (Lipinski definition) is 1. The second-order valence-electron chi connectivity index (χ2n) is 2.97. The van der Waals surface area contributed by atoms with Crippen LogP contribution in [0.2, 0.25) is 5.02 Å². The van der Waals surface area contributed by atoms with E-state index >= 15 is 0 Å². The maximum absolute atomic E-state index is 13.2. The van der Waals surface area contributed by atoms with Gasteiger partial charge < -0.3 is 0 Å². The molecule has 0 saturated carbocycles. The Hall–Kier alpha value is -1.04. The minimum absolute atomic E-state index is 0.0920. The van der Waals surface area contributed by atoms with Gasteiger partial charge in [-0.1, -0.05) is 23.6 Å². The molecule has 0 fully saturated rings. The summed E-state index contributed by atoms with van der Waals surface area (Å²) in [5.41, 5.74) is 0.455. The average molecular weight is 212 g/mol. The molecule has 1 rings (SSSR count). The fraction of sp³-hybridized carbons (Fsp3) is 0.273. The molecule has 0 aliphatic heterocycles. The van der Waals surface area contributed by atoms with Crippen LogP contribution in [0.5, 0.6) is 0 Å². The van der Waals surface area contributed by atoms with E-state index in [4.69, 9.17) is 18.0 Å². The second-order valence-corrected chi connectivity index (χ2v) is 3.38. The average Bonchev–Trinajstić information content (AvgIpc) is 2.16. The quantitative estimate of drug-likeness (QED) is 0.758. The van der Waals surface area contributed by atoms with Crippen molar-refractivity contribution in [3.05, 3.63) is 34.6 Å². The van der Waals surface area contributed by atoms with Gasteiger partial charge in [-0.3, -0.25) is 5.32 Å². The molecule has 0 radical (unpaired) electrons. The van der Waals surface area contributed by atoms with E-state index < -0.39 is 0 Å². The first kappa shape index (κ1) is 11.0. The fourth-order valence-corrected chi connectivity index (χ4v) is 1.25. The topological polar surface area (TPSA) is 12.0 Å². The van der Waals surface area contributed by atoms with Crippen molar-refractivity contribution in [2.24, 2.45) is 0 Å². The van der Waals surface area contributed by atoms with Gasteiger partial charge in [0.2, 0.25) is 0 Å². The van der Waals surface area contributed by atoms with Gasteiger partial charge in [-0.15, -0.1) is 6.42 Å². The number of rotatable bonds is 3. The Bertz CT molecular complexity index is 337. The monoisotopic (exact) mass is 211 g/mol. The Kier molecular flexibility index (Phi) is 3.94. The van der Waals surface area contributed by atoms with Crippen molar-refractivity contribution in [2.45, 2.75) is 19.5 Å². The predicted octanol–water partition coefficient (Wildman–Crippen LogP) is 2.59. The van der Waals surface area contributed by atoms with Crippen molar-refractivity contribution in [1.82, 2.24) is 5.32 Å². The maximum atomic E-state index is 13.2. The van der Waals surface area contributed by atoms with Gasteiger partial charge in [-0.05, 0) is 19.1 Å². The number of halogens is 2. The van der Waals surface area contributed by atoms with Crippen LogP contribution in [-0.4, -0.2) is 6.04 Å². The van der Waals surface area contributed by atoms with Crippen LogP contribution in [0.15, 0.2) is 18.2 Å². The Morgan fingerprint density at radius 2 is 2.36 bits per heavy atom. The molecule has 0 spiro atoms. The van der Waals surface area contributed by atoms with Gasteiger partial charge in [0, 0.05) is 17.1 Å². The van der Waals surface area contributed by atoms with Crippen LogP contribution in [0.25, 0.3) is 0 Å². The van der Waals surface area contributed by atoms with E-state index in [9.17, 15) is 4.39 Å². The summed E-state index contributed by atoms with van der Waals surface area (Å²) in [6.07, 6.45) is 5.17. The summed E-state index contributed by atoms with van der Waals surface area (Å²) in [5.74, 6) is 2.19. The zero-order valence-corrected chi connectivity index (χ0v) is 8.61. The zero-order chi connectivity index (χ0) is 10.6. The lowest BCUT2D eigenvalue weighted by molar-refractivity contribution is 0.578. The van der Waals surface area contributed by atoms with Crippen molar-refractivity contribution in [3.63, 3.8) is 0 Å². The van der Waals surface area contributed by atoms with Crippen LogP contribution in [0, 0.1) is 18.2 Å². The molecule has 14 heavy (non-hydrogen) atoms. The van der Waals surface area contributed by atoms with E-state index in [0.717, 1.165) is 0 Å². The molecule has 0 aliphatic carbocycles. The summed E-state index contributed by atoms with van der Waals surface area (Å²) in [7, 11) is 0. The molecule has 0 bridgehead atoms. The second kappa shape index (κ2) is 4.99. The zero-order valence-electron chi connectivity index (χ0n) is 7.85. The van der Waals surface area contributed by atoms with Crippen molar-refractivity contribution >= 4 is 11.6 Å². The fourth-order valence-electron chi connectivity index (χ4n) is 1.02. The predicted molar refractivity (Wildman–Crippen MR) is 56.5 cm³/mol. The van der Waals surface area contributed by atoms with Gasteiger partial charge >= 0.3 is 0 Å². The van der Waals surface area contributed by atoms with Gasteiger partial charge in [0.05, 0.1) is 6.04 Å². The Morgan fingerprint density at radius 3 is 2.93 bits per heavy atom. The Balaban J connectivity index is 2.72. The highest BCUT2D eigenvalue weighted by Crippen LogP contribution is 2.18. The first-order chi connectivity index (χ1) is 6.65. The summed E-state index contributed by atoms with van der Waals surface area (Å²) in [6.45, 7) is 2.17. The molecule has 1 N–H and O–H groups in total. The molecule has 0 heterocycles. The smallest absolute Gasteiger partial charge is 0.129 e. The number of terminal acetylenes is 1. The third kappa shape index (κ3) is 2.73. The highest BCUT2D eigenvalue weighted by Gasteiger charge is 2.06. The van der Waals surface area contributed by atoms with E-state index in [1.807, 2.05) is 6.92 Å². The molecule has 3 heteroatoms. The Labute approximate surface area is 88.3 Å². The minimum Gasteiger partial charge on any atom is -0.300 e. The van der Waals surface area contributed by atoms with Gasteiger partial charge in [0.25, 0.3) is 0 Å². The summed E-state index contributed by atoms with van der Waals surface area (Å²) >= 11 is 5.82.